The van der Waals surface area contributed by atoms with Gasteiger partial charge in [-0.15, -0.1) is 0 Å². The molecule has 1 fully saturated rings. The fourth-order valence-corrected chi connectivity index (χ4v) is 2.83. The van der Waals surface area contributed by atoms with Gasteiger partial charge in [0.2, 0.25) is 5.95 Å². The Morgan fingerprint density at radius 3 is 2.63 bits per heavy atom. The lowest BCUT2D eigenvalue weighted by Crippen LogP contribution is -2.34. The number of hydrogen-bond acceptors (Lipinski definition) is 4. The van der Waals surface area contributed by atoms with Gasteiger partial charge in [0.25, 0.3) is 0 Å². The van der Waals surface area contributed by atoms with E-state index in [0.717, 1.165) is 31.3 Å². The van der Waals surface area contributed by atoms with Crippen LogP contribution in [-0.2, 0) is 6.54 Å². The molecule has 1 aliphatic rings. The number of rotatable bonds is 6. The molecule has 0 amide bonds. The number of aromatic nitrogens is 2. The molecule has 0 aromatic carbocycles. The van der Waals surface area contributed by atoms with Crippen LogP contribution in [0.15, 0.2) is 6.20 Å². The Morgan fingerprint density at radius 2 is 2.05 bits per heavy atom. The van der Waals surface area contributed by atoms with Gasteiger partial charge in [-0.05, 0) is 33.2 Å². The van der Waals surface area contributed by atoms with Crippen molar-refractivity contribution in [2.45, 2.75) is 59.0 Å². The zero-order valence-electron chi connectivity index (χ0n) is 12.4. The van der Waals surface area contributed by atoms with Crippen LogP contribution in [0.3, 0.4) is 0 Å². The fourth-order valence-electron chi connectivity index (χ4n) is 2.83. The minimum atomic E-state index is 0.643. The lowest BCUT2D eigenvalue weighted by atomic mass is 10.2. The van der Waals surface area contributed by atoms with Crippen LogP contribution in [0.5, 0.6) is 0 Å². The van der Waals surface area contributed by atoms with Crippen LogP contribution in [0.25, 0.3) is 0 Å². The molecule has 1 aromatic heterocycles. The van der Waals surface area contributed by atoms with Crippen molar-refractivity contribution in [1.82, 2.24) is 15.3 Å². The molecule has 1 aromatic rings. The predicted octanol–water partition coefficient (Wildman–Crippen LogP) is 2.66. The van der Waals surface area contributed by atoms with Gasteiger partial charge in [0.15, 0.2) is 0 Å². The van der Waals surface area contributed by atoms with Crippen molar-refractivity contribution in [2.75, 3.05) is 18.0 Å². The van der Waals surface area contributed by atoms with Gasteiger partial charge in [-0.25, -0.2) is 9.97 Å². The first-order valence-electron chi connectivity index (χ1n) is 7.56. The highest BCUT2D eigenvalue weighted by atomic mass is 15.3. The predicted molar refractivity (Wildman–Crippen MR) is 79.4 cm³/mol. The Hall–Kier alpha value is -1.16. The van der Waals surface area contributed by atoms with Gasteiger partial charge in [0.05, 0.1) is 0 Å². The van der Waals surface area contributed by atoms with E-state index in [0.29, 0.717) is 6.04 Å². The number of nitrogens with one attached hydrogen (secondary N) is 1. The molecule has 0 aliphatic heterocycles. The molecule has 0 bridgehead atoms. The summed E-state index contributed by atoms with van der Waals surface area (Å²) < 4.78 is 0. The minimum Gasteiger partial charge on any atom is -0.338 e. The molecule has 1 aliphatic carbocycles. The van der Waals surface area contributed by atoms with Gasteiger partial charge < -0.3 is 10.2 Å². The zero-order valence-corrected chi connectivity index (χ0v) is 12.4. The van der Waals surface area contributed by atoms with Gasteiger partial charge in [0.1, 0.15) is 0 Å². The molecular formula is C15H26N4. The summed E-state index contributed by atoms with van der Waals surface area (Å²) >= 11 is 0. The van der Waals surface area contributed by atoms with E-state index in [9.17, 15) is 0 Å². The molecule has 0 saturated heterocycles. The molecule has 1 N–H and O–H groups in total. The second-order valence-electron chi connectivity index (χ2n) is 5.29. The van der Waals surface area contributed by atoms with Crippen LogP contribution < -0.4 is 10.2 Å². The molecule has 0 atom stereocenters. The van der Waals surface area contributed by atoms with E-state index < -0.39 is 0 Å². The average molecular weight is 262 g/mol. The van der Waals surface area contributed by atoms with E-state index in [2.05, 4.69) is 36.0 Å². The Bertz CT molecular complexity index is 399. The van der Waals surface area contributed by atoms with E-state index in [4.69, 9.17) is 4.98 Å². The summed E-state index contributed by atoms with van der Waals surface area (Å²) in [7, 11) is 0. The highest BCUT2D eigenvalue weighted by Crippen LogP contribution is 2.26. The highest BCUT2D eigenvalue weighted by molar-refractivity contribution is 5.34. The van der Waals surface area contributed by atoms with Crippen LogP contribution >= 0.6 is 0 Å². The first kappa shape index (κ1) is 14.3. The Kier molecular flexibility index (Phi) is 5.14. The SMILES string of the molecule is CCNCc1cnc(N(CC)C2CCCC2)nc1C. The molecule has 2 rings (SSSR count). The topological polar surface area (TPSA) is 41.1 Å². The van der Waals surface area contributed by atoms with E-state index in [1.165, 1.54) is 31.2 Å². The van der Waals surface area contributed by atoms with Crippen molar-refractivity contribution in [3.63, 3.8) is 0 Å². The van der Waals surface area contributed by atoms with Crippen molar-refractivity contribution in [3.8, 4) is 0 Å². The van der Waals surface area contributed by atoms with Gasteiger partial charge in [-0.2, -0.15) is 0 Å². The third-order valence-electron chi connectivity index (χ3n) is 4.00. The summed E-state index contributed by atoms with van der Waals surface area (Å²) in [5.74, 6) is 0.909. The van der Waals surface area contributed by atoms with Crippen molar-refractivity contribution in [3.05, 3.63) is 17.5 Å². The smallest absolute Gasteiger partial charge is 0.225 e. The van der Waals surface area contributed by atoms with Gasteiger partial charge >= 0.3 is 0 Å². The molecular weight excluding hydrogens is 236 g/mol. The second-order valence-corrected chi connectivity index (χ2v) is 5.29. The second kappa shape index (κ2) is 6.85. The molecule has 1 heterocycles. The molecule has 19 heavy (non-hydrogen) atoms. The van der Waals surface area contributed by atoms with E-state index >= 15 is 0 Å². The van der Waals surface area contributed by atoms with E-state index in [1.807, 2.05) is 6.20 Å². The van der Waals surface area contributed by atoms with Crippen LogP contribution in [0, 0.1) is 6.92 Å². The molecule has 4 heteroatoms. The molecule has 4 nitrogen and oxygen atoms in total. The number of anilines is 1. The number of aryl methyl sites for hydroxylation is 1. The molecule has 0 spiro atoms. The van der Waals surface area contributed by atoms with Crippen LogP contribution in [0.4, 0.5) is 5.95 Å². The molecule has 106 valence electrons. The Morgan fingerprint density at radius 1 is 1.32 bits per heavy atom. The summed E-state index contributed by atoms with van der Waals surface area (Å²) in [4.78, 5) is 11.7. The summed E-state index contributed by atoms with van der Waals surface area (Å²) in [6, 6.07) is 0.643. The largest absolute Gasteiger partial charge is 0.338 e. The standard InChI is InChI=1S/C15H26N4/c1-4-16-10-13-11-17-15(18-12(13)3)19(5-2)14-8-6-7-9-14/h11,14,16H,4-10H2,1-3H3. The quantitative estimate of drug-likeness (QED) is 0.855. The average Bonchev–Trinajstić information content (AvgIpc) is 2.92. The highest BCUT2D eigenvalue weighted by Gasteiger charge is 2.23. The summed E-state index contributed by atoms with van der Waals surface area (Å²) in [5.41, 5.74) is 2.30. The lowest BCUT2D eigenvalue weighted by molar-refractivity contribution is 0.602. The summed E-state index contributed by atoms with van der Waals surface area (Å²) in [6.07, 6.45) is 7.25. The van der Waals surface area contributed by atoms with E-state index in [-0.39, 0.29) is 0 Å². The van der Waals surface area contributed by atoms with Crippen LogP contribution in [-0.4, -0.2) is 29.1 Å². The van der Waals surface area contributed by atoms with Gasteiger partial charge in [0, 0.05) is 36.6 Å². The van der Waals surface area contributed by atoms with Crippen LogP contribution in [0.1, 0.15) is 50.8 Å². The molecule has 0 radical (unpaired) electrons. The maximum absolute atomic E-state index is 4.72. The summed E-state index contributed by atoms with van der Waals surface area (Å²) in [5, 5.41) is 3.33. The molecule has 0 unspecified atom stereocenters. The lowest BCUT2D eigenvalue weighted by Gasteiger charge is -2.28. The van der Waals surface area contributed by atoms with Crippen molar-refractivity contribution < 1.29 is 0 Å². The maximum Gasteiger partial charge on any atom is 0.225 e. The zero-order chi connectivity index (χ0) is 13.7. The third kappa shape index (κ3) is 3.44. The van der Waals surface area contributed by atoms with Crippen molar-refractivity contribution in [2.24, 2.45) is 0 Å². The molecule has 1 saturated carbocycles. The first-order valence-corrected chi connectivity index (χ1v) is 7.56. The van der Waals surface area contributed by atoms with Gasteiger partial charge in [-0.1, -0.05) is 19.8 Å². The van der Waals surface area contributed by atoms with Gasteiger partial charge in [-0.3, -0.25) is 0 Å². The Balaban J connectivity index is 2.12. The Labute approximate surface area is 116 Å². The number of nitrogens with zero attached hydrogens (tertiary/aromatic N) is 3. The van der Waals surface area contributed by atoms with E-state index in [1.54, 1.807) is 0 Å². The van der Waals surface area contributed by atoms with Crippen LogP contribution in [0.2, 0.25) is 0 Å². The van der Waals surface area contributed by atoms with Crippen molar-refractivity contribution >= 4 is 5.95 Å². The monoisotopic (exact) mass is 262 g/mol. The normalized spacial score (nSPS) is 15.9. The first-order chi connectivity index (χ1) is 9.26. The fraction of sp³-hybridized carbons (Fsp3) is 0.733. The van der Waals surface area contributed by atoms with Crippen molar-refractivity contribution in [1.29, 1.82) is 0 Å². The number of hydrogen-bond donors (Lipinski definition) is 1. The summed E-state index contributed by atoms with van der Waals surface area (Å²) in [6.45, 7) is 9.23. The minimum absolute atomic E-state index is 0.643. The third-order valence-corrected chi connectivity index (χ3v) is 4.00. The maximum atomic E-state index is 4.72.